The Morgan fingerprint density at radius 1 is 1.11 bits per heavy atom. The van der Waals surface area contributed by atoms with E-state index in [1.54, 1.807) is 12.1 Å². The van der Waals surface area contributed by atoms with Crippen molar-refractivity contribution in [3.05, 3.63) is 47.8 Å². The van der Waals surface area contributed by atoms with Crippen molar-refractivity contribution in [2.45, 2.75) is 57.8 Å². The van der Waals surface area contributed by atoms with E-state index >= 15 is 0 Å². The molecule has 0 aliphatic heterocycles. The Labute approximate surface area is 116 Å². The third-order valence-corrected chi connectivity index (χ3v) is 4.30. The van der Waals surface area contributed by atoms with Gasteiger partial charge in [0, 0.05) is 0 Å². The monoisotopic (exact) mass is 260 g/mol. The molecule has 0 N–H and O–H groups in total. The van der Waals surface area contributed by atoms with E-state index in [4.69, 9.17) is 0 Å². The van der Waals surface area contributed by atoms with E-state index < -0.39 is 0 Å². The van der Waals surface area contributed by atoms with E-state index in [0.717, 1.165) is 6.42 Å². The van der Waals surface area contributed by atoms with Gasteiger partial charge in [0.1, 0.15) is 5.82 Å². The van der Waals surface area contributed by atoms with Gasteiger partial charge in [-0.1, -0.05) is 57.4 Å². The first kappa shape index (κ1) is 14.3. The van der Waals surface area contributed by atoms with Crippen molar-refractivity contribution < 1.29 is 4.39 Å². The Morgan fingerprint density at radius 3 is 2.32 bits per heavy atom. The quantitative estimate of drug-likeness (QED) is 0.615. The molecule has 1 aliphatic rings. The summed E-state index contributed by atoms with van der Waals surface area (Å²) in [6, 6.07) is 7.20. The molecule has 1 fully saturated rings. The molecule has 1 saturated carbocycles. The zero-order chi connectivity index (χ0) is 13.7. The first-order valence-electron chi connectivity index (χ1n) is 7.55. The first-order valence-corrected chi connectivity index (χ1v) is 7.55. The number of benzene rings is 1. The first-order chi connectivity index (χ1) is 9.12. The van der Waals surface area contributed by atoms with E-state index in [1.807, 2.05) is 12.1 Å². The molecule has 1 aliphatic carbocycles. The molecule has 2 rings (SSSR count). The van der Waals surface area contributed by atoms with Crippen LogP contribution in [-0.4, -0.2) is 0 Å². The summed E-state index contributed by atoms with van der Waals surface area (Å²) in [6.45, 7) is 4.42. The van der Waals surface area contributed by atoms with Gasteiger partial charge in [-0.05, 0) is 48.3 Å². The van der Waals surface area contributed by atoms with Gasteiger partial charge >= 0.3 is 0 Å². The van der Waals surface area contributed by atoms with Gasteiger partial charge in [-0.3, -0.25) is 0 Å². The molecule has 0 heterocycles. The molecule has 104 valence electrons. The van der Waals surface area contributed by atoms with Crippen LogP contribution in [0.15, 0.2) is 36.4 Å². The van der Waals surface area contributed by atoms with E-state index in [9.17, 15) is 4.39 Å². The minimum absolute atomic E-state index is 0.132. The minimum Gasteiger partial charge on any atom is -0.207 e. The molecule has 0 unspecified atom stereocenters. The molecule has 0 spiro atoms. The van der Waals surface area contributed by atoms with Gasteiger partial charge in [0.05, 0.1) is 0 Å². The number of allylic oxidation sites excluding steroid dienone is 2. The molecule has 0 atom stereocenters. The molecule has 0 aromatic heterocycles. The lowest BCUT2D eigenvalue weighted by Crippen LogP contribution is -2.28. The lowest BCUT2D eigenvalue weighted by molar-refractivity contribution is 0.294. The second-order valence-electron chi connectivity index (χ2n) is 6.22. The third kappa shape index (κ3) is 3.68. The lowest BCUT2D eigenvalue weighted by atomic mass is 9.67. The topological polar surface area (TPSA) is 0 Å². The predicted octanol–water partition coefficient (Wildman–Crippen LogP) is 5.63. The number of rotatable bonds is 4. The van der Waals surface area contributed by atoms with Crippen LogP contribution in [0.5, 0.6) is 0 Å². The van der Waals surface area contributed by atoms with Crippen molar-refractivity contribution in [1.82, 2.24) is 0 Å². The summed E-state index contributed by atoms with van der Waals surface area (Å²) < 4.78 is 13.1. The molecule has 0 radical (unpaired) electrons. The second kappa shape index (κ2) is 6.36. The highest BCUT2D eigenvalue weighted by Gasteiger charge is 2.32. The molecular weight excluding hydrogens is 235 g/mol. The Morgan fingerprint density at radius 2 is 1.74 bits per heavy atom. The number of halogens is 1. The fraction of sp³-hybridized carbons (Fsp3) is 0.556. The molecule has 0 amide bonds. The molecule has 0 nitrogen and oxygen atoms in total. The van der Waals surface area contributed by atoms with E-state index in [-0.39, 0.29) is 11.2 Å². The van der Waals surface area contributed by atoms with E-state index in [1.165, 1.54) is 37.7 Å². The molecule has 1 aromatic rings. The van der Waals surface area contributed by atoms with Crippen LogP contribution in [0.25, 0.3) is 0 Å². The predicted molar refractivity (Wildman–Crippen MR) is 79.8 cm³/mol. The SMILES string of the molecule is CC(C)/C=C/CC1(c2ccc(F)cc2)CCCCC1. The van der Waals surface area contributed by atoms with Crippen LogP contribution in [-0.2, 0) is 5.41 Å². The Hall–Kier alpha value is -1.11. The van der Waals surface area contributed by atoms with Gasteiger partial charge < -0.3 is 0 Å². The second-order valence-corrected chi connectivity index (χ2v) is 6.22. The maximum atomic E-state index is 13.1. The van der Waals surface area contributed by atoms with Crippen molar-refractivity contribution in [3.8, 4) is 0 Å². The van der Waals surface area contributed by atoms with Gasteiger partial charge in [0.2, 0.25) is 0 Å². The van der Waals surface area contributed by atoms with Crippen molar-refractivity contribution >= 4 is 0 Å². The molecule has 19 heavy (non-hydrogen) atoms. The highest BCUT2D eigenvalue weighted by atomic mass is 19.1. The number of hydrogen-bond donors (Lipinski definition) is 0. The van der Waals surface area contributed by atoms with Gasteiger partial charge in [0.15, 0.2) is 0 Å². The average Bonchev–Trinajstić information content (AvgIpc) is 2.40. The van der Waals surface area contributed by atoms with Crippen LogP contribution >= 0.6 is 0 Å². The third-order valence-electron chi connectivity index (χ3n) is 4.30. The molecule has 0 saturated heterocycles. The summed E-state index contributed by atoms with van der Waals surface area (Å²) in [5, 5.41) is 0. The van der Waals surface area contributed by atoms with Gasteiger partial charge in [-0.2, -0.15) is 0 Å². The summed E-state index contributed by atoms with van der Waals surface area (Å²) in [7, 11) is 0. The van der Waals surface area contributed by atoms with Crippen LogP contribution in [0.2, 0.25) is 0 Å². The molecular formula is C18H25F. The van der Waals surface area contributed by atoms with E-state index in [0.29, 0.717) is 5.92 Å². The smallest absolute Gasteiger partial charge is 0.123 e. The van der Waals surface area contributed by atoms with Gasteiger partial charge in [-0.25, -0.2) is 4.39 Å². The Balaban J connectivity index is 2.21. The van der Waals surface area contributed by atoms with Gasteiger partial charge in [-0.15, -0.1) is 0 Å². The zero-order valence-corrected chi connectivity index (χ0v) is 12.2. The van der Waals surface area contributed by atoms with Crippen molar-refractivity contribution in [2.75, 3.05) is 0 Å². The summed E-state index contributed by atoms with van der Waals surface area (Å²) in [5.41, 5.74) is 1.57. The Bertz CT molecular complexity index is 408. The van der Waals surface area contributed by atoms with Crippen molar-refractivity contribution in [1.29, 1.82) is 0 Å². The molecule has 1 heteroatoms. The average molecular weight is 260 g/mol. The maximum Gasteiger partial charge on any atom is 0.123 e. The van der Waals surface area contributed by atoms with Crippen LogP contribution in [0.1, 0.15) is 57.9 Å². The highest BCUT2D eigenvalue weighted by Crippen LogP contribution is 2.42. The Kier molecular flexibility index (Phi) is 4.79. The van der Waals surface area contributed by atoms with E-state index in [2.05, 4.69) is 26.0 Å². The fourth-order valence-electron chi connectivity index (χ4n) is 3.21. The standard InChI is InChI=1S/C18H25F/c1-15(2)7-6-14-18(12-4-3-5-13-18)16-8-10-17(19)11-9-16/h6-11,15H,3-5,12-14H2,1-2H3/b7-6+. The fourth-order valence-corrected chi connectivity index (χ4v) is 3.21. The highest BCUT2D eigenvalue weighted by molar-refractivity contribution is 5.27. The van der Waals surface area contributed by atoms with Crippen molar-refractivity contribution in [3.63, 3.8) is 0 Å². The molecule has 1 aromatic carbocycles. The van der Waals surface area contributed by atoms with Crippen LogP contribution in [0.3, 0.4) is 0 Å². The zero-order valence-electron chi connectivity index (χ0n) is 12.2. The number of hydrogen-bond acceptors (Lipinski definition) is 0. The van der Waals surface area contributed by atoms with Gasteiger partial charge in [0.25, 0.3) is 0 Å². The summed E-state index contributed by atoms with van der Waals surface area (Å²) in [6.07, 6.45) is 12.1. The lowest BCUT2D eigenvalue weighted by Gasteiger charge is -2.37. The summed E-state index contributed by atoms with van der Waals surface area (Å²) >= 11 is 0. The largest absolute Gasteiger partial charge is 0.207 e. The van der Waals surface area contributed by atoms with Crippen LogP contribution in [0.4, 0.5) is 4.39 Å². The normalized spacial score (nSPS) is 19.2. The molecule has 0 bridgehead atoms. The van der Waals surface area contributed by atoms with Crippen LogP contribution in [0, 0.1) is 11.7 Å². The minimum atomic E-state index is -0.132. The maximum absolute atomic E-state index is 13.1. The van der Waals surface area contributed by atoms with Crippen LogP contribution < -0.4 is 0 Å². The van der Waals surface area contributed by atoms with Crippen molar-refractivity contribution in [2.24, 2.45) is 5.92 Å². The summed E-state index contributed by atoms with van der Waals surface area (Å²) in [5.74, 6) is 0.473. The summed E-state index contributed by atoms with van der Waals surface area (Å²) in [4.78, 5) is 0.